The summed E-state index contributed by atoms with van der Waals surface area (Å²) >= 11 is 0. The van der Waals surface area contributed by atoms with Gasteiger partial charge in [0, 0.05) is 12.7 Å². The lowest BCUT2D eigenvalue weighted by Crippen LogP contribution is -2.33. The first-order valence-corrected chi connectivity index (χ1v) is 7.64. The maximum Gasteiger partial charge on any atom is 0.325 e. The minimum atomic E-state index is -0.744. The quantitative estimate of drug-likeness (QED) is 0.574. The molecule has 128 valence electrons. The van der Waals surface area contributed by atoms with Gasteiger partial charge in [0.2, 0.25) is 0 Å². The van der Waals surface area contributed by atoms with Crippen LogP contribution in [0.25, 0.3) is 0 Å². The largest absolute Gasteiger partial charge is 0.345 e. The molecular formula is C16H16N6O3. The van der Waals surface area contributed by atoms with Crippen LogP contribution in [-0.4, -0.2) is 30.6 Å². The average Bonchev–Trinajstić information content (AvgIpc) is 3.06. The molecule has 0 aliphatic rings. The van der Waals surface area contributed by atoms with Crippen LogP contribution in [0.15, 0.2) is 52.4 Å². The van der Waals surface area contributed by atoms with Crippen LogP contribution in [0.2, 0.25) is 0 Å². The predicted octanol–water partition coefficient (Wildman–Crippen LogP) is -0.173. The molecule has 2 heterocycles. The van der Waals surface area contributed by atoms with Crippen molar-refractivity contribution in [1.29, 1.82) is 0 Å². The van der Waals surface area contributed by atoms with Crippen molar-refractivity contribution < 1.29 is 4.79 Å². The van der Waals surface area contributed by atoms with E-state index < -0.39 is 17.2 Å². The number of amides is 1. The first kappa shape index (κ1) is 16.4. The fourth-order valence-corrected chi connectivity index (χ4v) is 2.33. The highest BCUT2D eigenvalue weighted by Gasteiger charge is 2.12. The number of aromatic nitrogens is 5. The second-order valence-electron chi connectivity index (χ2n) is 5.34. The Morgan fingerprint density at radius 3 is 2.76 bits per heavy atom. The third-order valence-corrected chi connectivity index (χ3v) is 3.65. The van der Waals surface area contributed by atoms with E-state index in [0.29, 0.717) is 12.4 Å². The van der Waals surface area contributed by atoms with Gasteiger partial charge in [-0.3, -0.25) is 14.6 Å². The summed E-state index contributed by atoms with van der Waals surface area (Å²) < 4.78 is 1.84. The van der Waals surface area contributed by atoms with Gasteiger partial charge in [-0.1, -0.05) is 30.3 Å². The molecule has 9 nitrogen and oxygen atoms in total. The monoisotopic (exact) mass is 340 g/mol. The lowest BCUT2D eigenvalue weighted by atomic mass is 10.1. The van der Waals surface area contributed by atoms with Gasteiger partial charge in [0.25, 0.3) is 11.5 Å². The molecule has 0 unspecified atom stereocenters. The fourth-order valence-electron chi connectivity index (χ4n) is 2.33. The van der Waals surface area contributed by atoms with Gasteiger partial charge in [-0.05, 0) is 12.0 Å². The third-order valence-electron chi connectivity index (χ3n) is 3.65. The molecule has 0 aliphatic heterocycles. The first-order valence-electron chi connectivity index (χ1n) is 7.64. The van der Waals surface area contributed by atoms with Crippen molar-refractivity contribution in [3.8, 4) is 0 Å². The zero-order valence-corrected chi connectivity index (χ0v) is 13.2. The Balaban J connectivity index is 1.62. The smallest absolute Gasteiger partial charge is 0.325 e. The number of H-pyrrole nitrogens is 2. The molecule has 3 rings (SSSR count). The normalized spacial score (nSPS) is 10.6. The van der Waals surface area contributed by atoms with E-state index in [2.05, 4.69) is 20.5 Å². The summed E-state index contributed by atoms with van der Waals surface area (Å²) in [4.78, 5) is 38.9. The summed E-state index contributed by atoms with van der Waals surface area (Å²) in [5.74, 6) is -0.0276. The van der Waals surface area contributed by atoms with Gasteiger partial charge in [0.1, 0.15) is 11.9 Å². The zero-order chi connectivity index (χ0) is 17.6. The molecule has 0 atom stereocenters. The Labute approximate surface area is 141 Å². The van der Waals surface area contributed by atoms with Crippen LogP contribution in [0.4, 0.5) is 0 Å². The number of aromatic amines is 2. The van der Waals surface area contributed by atoms with Gasteiger partial charge in [-0.2, -0.15) is 0 Å². The van der Waals surface area contributed by atoms with Gasteiger partial charge in [-0.15, -0.1) is 10.2 Å². The van der Waals surface area contributed by atoms with Crippen LogP contribution in [0.1, 0.15) is 21.7 Å². The number of carbonyl (C=O) groups excluding carboxylic acids is 1. The van der Waals surface area contributed by atoms with Gasteiger partial charge in [0.15, 0.2) is 5.82 Å². The molecule has 0 aliphatic carbocycles. The lowest BCUT2D eigenvalue weighted by molar-refractivity contribution is 0.0947. The van der Waals surface area contributed by atoms with E-state index in [1.807, 2.05) is 39.9 Å². The Morgan fingerprint density at radius 1 is 1.20 bits per heavy atom. The molecule has 0 saturated carbocycles. The average molecular weight is 340 g/mol. The highest BCUT2D eigenvalue weighted by molar-refractivity contribution is 5.93. The Hall–Kier alpha value is -3.49. The summed E-state index contributed by atoms with van der Waals surface area (Å²) in [6.45, 7) is 0.785. The summed E-state index contributed by atoms with van der Waals surface area (Å²) in [7, 11) is 0. The Bertz CT molecular complexity index is 973. The fraction of sp³-hybridized carbons (Fsp3) is 0.188. The van der Waals surface area contributed by atoms with Crippen molar-refractivity contribution in [1.82, 2.24) is 30.0 Å². The zero-order valence-electron chi connectivity index (χ0n) is 13.2. The lowest BCUT2D eigenvalue weighted by Gasteiger charge is -2.08. The van der Waals surface area contributed by atoms with Crippen molar-refractivity contribution in [2.45, 2.75) is 19.5 Å². The van der Waals surface area contributed by atoms with Crippen molar-refractivity contribution in [3.63, 3.8) is 0 Å². The number of rotatable bonds is 6. The number of carbonyl (C=O) groups is 1. The number of nitrogens with zero attached hydrogens (tertiary/aromatic N) is 3. The van der Waals surface area contributed by atoms with Gasteiger partial charge >= 0.3 is 5.69 Å². The SMILES string of the molecule is O=C(NCc1nncn1CCc1ccccc1)c1c[nH]c(=O)[nH]c1=O. The van der Waals surface area contributed by atoms with Crippen molar-refractivity contribution in [3.05, 3.63) is 80.6 Å². The first-order chi connectivity index (χ1) is 12.1. The topological polar surface area (TPSA) is 126 Å². The molecule has 25 heavy (non-hydrogen) atoms. The molecule has 3 N–H and O–H groups in total. The number of hydrogen-bond donors (Lipinski definition) is 3. The molecule has 0 bridgehead atoms. The van der Waals surface area contributed by atoms with Crippen LogP contribution in [-0.2, 0) is 19.5 Å². The van der Waals surface area contributed by atoms with Crippen LogP contribution in [0.5, 0.6) is 0 Å². The maximum atomic E-state index is 12.1. The number of nitrogens with one attached hydrogen (secondary N) is 3. The molecule has 0 saturated heterocycles. The molecule has 2 aromatic heterocycles. The van der Waals surface area contributed by atoms with Gasteiger partial charge in [-0.25, -0.2) is 4.79 Å². The van der Waals surface area contributed by atoms with E-state index in [4.69, 9.17) is 0 Å². The molecule has 3 aromatic rings. The van der Waals surface area contributed by atoms with Crippen molar-refractivity contribution >= 4 is 5.91 Å². The Kier molecular flexibility index (Phi) is 4.84. The maximum absolute atomic E-state index is 12.1. The van der Waals surface area contributed by atoms with Crippen LogP contribution < -0.4 is 16.6 Å². The summed E-state index contributed by atoms with van der Waals surface area (Å²) in [6.07, 6.45) is 3.48. The molecule has 1 amide bonds. The summed E-state index contributed by atoms with van der Waals surface area (Å²) in [5, 5.41) is 10.4. The molecule has 0 radical (unpaired) electrons. The van der Waals surface area contributed by atoms with E-state index in [9.17, 15) is 14.4 Å². The summed E-state index contributed by atoms with van der Waals surface area (Å²) in [6, 6.07) is 9.99. The third kappa shape index (κ3) is 4.08. The second-order valence-corrected chi connectivity index (χ2v) is 5.34. The molecular weight excluding hydrogens is 324 g/mol. The highest BCUT2D eigenvalue weighted by atomic mass is 16.2. The summed E-state index contributed by atoms with van der Waals surface area (Å²) in [5.41, 5.74) is -0.394. The van der Waals surface area contributed by atoms with E-state index in [0.717, 1.165) is 12.6 Å². The Morgan fingerprint density at radius 2 is 2.00 bits per heavy atom. The number of aryl methyl sites for hydroxylation is 2. The van der Waals surface area contributed by atoms with E-state index in [-0.39, 0.29) is 12.1 Å². The molecule has 0 spiro atoms. The standard InChI is InChI=1S/C16H16N6O3/c23-14(12-8-18-16(25)20-15(12)24)17-9-13-21-19-10-22(13)7-6-11-4-2-1-3-5-11/h1-5,8,10H,6-7,9H2,(H,17,23)(H2,18,20,24,25). The van der Waals surface area contributed by atoms with Crippen LogP contribution in [0, 0.1) is 0 Å². The van der Waals surface area contributed by atoms with E-state index in [1.165, 1.54) is 5.56 Å². The van der Waals surface area contributed by atoms with Gasteiger partial charge in [0.05, 0.1) is 6.54 Å². The van der Waals surface area contributed by atoms with E-state index >= 15 is 0 Å². The minimum Gasteiger partial charge on any atom is -0.345 e. The highest BCUT2D eigenvalue weighted by Crippen LogP contribution is 2.03. The predicted molar refractivity (Wildman–Crippen MR) is 89.0 cm³/mol. The van der Waals surface area contributed by atoms with Crippen molar-refractivity contribution in [2.75, 3.05) is 0 Å². The van der Waals surface area contributed by atoms with Crippen molar-refractivity contribution in [2.24, 2.45) is 0 Å². The van der Waals surface area contributed by atoms with E-state index in [1.54, 1.807) is 6.33 Å². The molecule has 0 fully saturated rings. The number of benzene rings is 1. The van der Waals surface area contributed by atoms with Gasteiger partial charge < -0.3 is 14.9 Å². The second kappa shape index (κ2) is 7.39. The molecule has 1 aromatic carbocycles. The van der Waals surface area contributed by atoms with Crippen LogP contribution in [0.3, 0.4) is 0 Å². The molecule has 9 heteroatoms. The minimum absolute atomic E-state index is 0.117. The number of hydrogen-bond acceptors (Lipinski definition) is 5. The van der Waals surface area contributed by atoms with Crippen LogP contribution >= 0.6 is 0 Å².